The first-order valence-corrected chi connectivity index (χ1v) is 6.95. The van der Waals surface area contributed by atoms with Crippen molar-refractivity contribution in [2.45, 2.75) is 26.3 Å². The van der Waals surface area contributed by atoms with Gasteiger partial charge in [-0.2, -0.15) is 0 Å². The van der Waals surface area contributed by atoms with Gasteiger partial charge in [-0.05, 0) is 40.0 Å². The molecule has 0 atom stereocenters. The summed E-state index contributed by atoms with van der Waals surface area (Å²) in [6.07, 6.45) is 0. The maximum Gasteiger partial charge on any atom is 0.129 e. The van der Waals surface area contributed by atoms with Gasteiger partial charge in [0.05, 0.1) is 0 Å². The third-order valence-electron chi connectivity index (χ3n) is 3.86. The molecule has 1 aromatic heterocycles. The van der Waals surface area contributed by atoms with Crippen molar-refractivity contribution < 1.29 is 0 Å². The van der Waals surface area contributed by atoms with E-state index in [9.17, 15) is 0 Å². The molecule has 1 fully saturated rings. The maximum absolute atomic E-state index is 5.73. The van der Waals surface area contributed by atoms with Crippen molar-refractivity contribution in [2.75, 3.05) is 31.6 Å². The molecule has 104 valence electrons. The number of nitrogens with two attached hydrogens (primary N) is 1. The molecule has 2 rings (SSSR count). The van der Waals surface area contributed by atoms with Crippen LogP contribution in [0.5, 0.6) is 0 Å². The molecule has 0 saturated carbocycles. The van der Waals surface area contributed by atoms with E-state index < -0.39 is 0 Å². The molecule has 0 unspecified atom stereocenters. The number of nitrogens with zero attached hydrogens (tertiary/aromatic N) is 3. The van der Waals surface area contributed by atoms with Gasteiger partial charge in [-0.3, -0.25) is 4.90 Å². The molecular weight excluding hydrogens is 256 g/mol. The number of aryl methyl sites for hydroxylation is 1. The van der Waals surface area contributed by atoms with Crippen LogP contribution in [-0.4, -0.2) is 47.1 Å². The Morgan fingerprint density at radius 3 is 2.63 bits per heavy atom. The van der Waals surface area contributed by atoms with Crippen LogP contribution in [0.3, 0.4) is 0 Å². The van der Waals surface area contributed by atoms with Crippen molar-refractivity contribution in [3.63, 3.8) is 0 Å². The van der Waals surface area contributed by atoms with Gasteiger partial charge in [0.2, 0.25) is 0 Å². The molecule has 1 aromatic rings. The van der Waals surface area contributed by atoms with E-state index in [1.165, 1.54) is 0 Å². The molecule has 19 heavy (non-hydrogen) atoms. The molecule has 1 aliphatic heterocycles. The minimum atomic E-state index is 0.146. The first-order chi connectivity index (χ1) is 8.79. The number of rotatable bonds is 2. The molecule has 0 spiro atoms. The van der Waals surface area contributed by atoms with E-state index in [0.29, 0.717) is 4.99 Å². The molecular formula is C14H22N4S. The number of anilines is 1. The highest BCUT2D eigenvalue weighted by Crippen LogP contribution is 2.24. The van der Waals surface area contributed by atoms with Crippen LogP contribution in [0.1, 0.15) is 25.1 Å². The number of aromatic nitrogens is 1. The lowest BCUT2D eigenvalue weighted by molar-refractivity contribution is 0.138. The van der Waals surface area contributed by atoms with Gasteiger partial charge in [-0.1, -0.05) is 12.2 Å². The summed E-state index contributed by atoms with van der Waals surface area (Å²) in [5.74, 6) is 0.976. The largest absolute Gasteiger partial charge is 0.389 e. The van der Waals surface area contributed by atoms with E-state index in [-0.39, 0.29) is 5.54 Å². The third-order valence-corrected chi connectivity index (χ3v) is 4.10. The monoisotopic (exact) mass is 278 g/mol. The van der Waals surface area contributed by atoms with Crippen LogP contribution in [0.2, 0.25) is 0 Å². The first kappa shape index (κ1) is 14.2. The second-order valence-corrected chi connectivity index (χ2v) is 6.32. The standard InChI is InChI=1S/C14H22N4S/c1-10-7-11(13(15)19)8-12(16-10)18-6-5-17(4)14(2,3)9-18/h7-8H,5-6,9H2,1-4H3,(H2,15,19). The highest BCUT2D eigenvalue weighted by molar-refractivity contribution is 7.80. The van der Waals surface area contributed by atoms with Crippen molar-refractivity contribution in [2.24, 2.45) is 5.73 Å². The van der Waals surface area contributed by atoms with Crippen molar-refractivity contribution in [1.29, 1.82) is 0 Å². The van der Waals surface area contributed by atoms with E-state index in [0.717, 1.165) is 36.7 Å². The van der Waals surface area contributed by atoms with Crippen molar-refractivity contribution in [3.8, 4) is 0 Å². The zero-order valence-corrected chi connectivity index (χ0v) is 12.9. The molecule has 0 aliphatic carbocycles. The van der Waals surface area contributed by atoms with Crippen LogP contribution in [0.4, 0.5) is 5.82 Å². The van der Waals surface area contributed by atoms with Crippen molar-refractivity contribution in [3.05, 3.63) is 23.4 Å². The highest BCUT2D eigenvalue weighted by atomic mass is 32.1. The van der Waals surface area contributed by atoms with E-state index in [1.807, 2.05) is 19.1 Å². The predicted molar refractivity (Wildman–Crippen MR) is 83.8 cm³/mol. The van der Waals surface area contributed by atoms with Crippen LogP contribution in [0.15, 0.2) is 12.1 Å². The maximum atomic E-state index is 5.73. The van der Waals surface area contributed by atoms with Crippen LogP contribution in [0.25, 0.3) is 0 Å². The zero-order chi connectivity index (χ0) is 14.2. The lowest BCUT2D eigenvalue weighted by atomic mass is 9.99. The predicted octanol–water partition coefficient (Wildman–Crippen LogP) is 1.55. The first-order valence-electron chi connectivity index (χ1n) is 6.54. The molecule has 5 heteroatoms. The second kappa shape index (κ2) is 5.06. The summed E-state index contributed by atoms with van der Waals surface area (Å²) < 4.78 is 0. The lowest BCUT2D eigenvalue weighted by Gasteiger charge is -2.45. The van der Waals surface area contributed by atoms with Gasteiger partial charge in [-0.15, -0.1) is 0 Å². The average Bonchev–Trinajstić information content (AvgIpc) is 2.31. The molecule has 0 aromatic carbocycles. The van der Waals surface area contributed by atoms with E-state index in [4.69, 9.17) is 18.0 Å². The molecule has 2 heterocycles. The number of likely N-dealkylation sites (N-methyl/N-ethyl adjacent to an activating group) is 1. The van der Waals surface area contributed by atoms with Gasteiger partial charge in [0.25, 0.3) is 0 Å². The fraction of sp³-hybridized carbons (Fsp3) is 0.571. The number of hydrogen-bond acceptors (Lipinski definition) is 4. The minimum Gasteiger partial charge on any atom is -0.389 e. The molecule has 0 radical (unpaired) electrons. The summed E-state index contributed by atoms with van der Waals surface area (Å²) in [5, 5.41) is 0. The molecule has 0 bridgehead atoms. The topological polar surface area (TPSA) is 45.4 Å². The number of piperazine rings is 1. The Hall–Kier alpha value is -1.20. The number of thiocarbonyl (C=S) groups is 1. The fourth-order valence-electron chi connectivity index (χ4n) is 2.39. The summed E-state index contributed by atoms with van der Waals surface area (Å²) in [5.41, 5.74) is 7.73. The Kier molecular flexibility index (Phi) is 3.78. The summed E-state index contributed by atoms with van der Waals surface area (Å²) >= 11 is 5.07. The number of pyridine rings is 1. The van der Waals surface area contributed by atoms with Crippen LogP contribution in [-0.2, 0) is 0 Å². The summed E-state index contributed by atoms with van der Waals surface area (Å²) in [6, 6.07) is 3.93. The smallest absolute Gasteiger partial charge is 0.129 e. The van der Waals surface area contributed by atoms with Crippen LogP contribution in [0, 0.1) is 6.92 Å². The summed E-state index contributed by atoms with van der Waals surface area (Å²) in [7, 11) is 2.17. The Labute approximate surface area is 120 Å². The molecule has 1 saturated heterocycles. The Balaban J connectivity index is 2.30. The van der Waals surface area contributed by atoms with Gasteiger partial charge in [-0.25, -0.2) is 4.98 Å². The number of hydrogen-bond donors (Lipinski definition) is 1. The van der Waals surface area contributed by atoms with Gasteiger partial charge in [0.1, 0.15) is 10.8 Å². The highest BCUT2D eigenvalue weighted by Gasteiger charge is 2.31. The van der Waals surface area contributed by atoms with Crippen LogP contribution < -0.4 is 10.6 Å². The molecule has 0 amide bonds. The van der Waals surface area contributed by atoms with Crippen molar-refractivity contribution in [1.82, 2.24) is 9.88 Å². The zero-order valence-electron chi connectivity index (χ0n) is 12.1. The van der Waals surface area contributed by atoms with Gasteiger partial charge < -0.3 is 10.6 Å². The van der Waals surface area contributed by atoms with E-state index in [1.54, 1.807) is 0 Å². The third kappa shape index (κ3) is 3.04. The Morgan fingerprint density at radius 2 is 2.05 bits per heavy atom. The Bertz CT molecular complexity index is 498. The van der Waals surface area contributed by atoms with Gasteiger partial charge in [0.15, 0.2) is 0 Å². The SMILES string of the molecule is Cc1cc(C(N)=S)cc(N2CCN(C)C(C)(C)C2)n1. The second-order valence-electron chi connectivity index (χ2n) is 5.88. The molecule has 2 N–H and O–H groups in total. The van der Waals surface area contributed by atoms with Gasteiger partial charge in [0, 0.05) is 36.4 Å². The van der Waals surface area contributed by atoms with E-state index >= 15 is 0 Å². The minimum absolute atomic E-state index is 0.146. The summed E-state index contributed by atoms with van der Waals surface area (Å²) in [4.78, 5) is 9.75. The van der Waals surface area contributed by atoms with Crippen molar-refractivity contribution >= 4 is 23.0 Å². The van der Waals surface area contributed by atoms with Crippen LogP contribution >= 0.6 is 12.2 Å². The quantitative estimate of drug-likeness (QED) is 0.832. The van der Waals surface area contributed by atoms with Gasteiger partial charge >= 0.3 is 0 Å². The average molecular weight is 278 g/mol. The normalized spacial score (nSPS) is 19.5. The molecule has 4 nitrogen and oxygen atoms in total. The summed E-state index contributed by atoms with van der Waals surface area (Å²) in [6.45, 7) is 9.45. The lowest BCUT2D eigenvalue weighted by Crippen LogP contribution is -2.57. The molecule has 1 aliphatic rings. The van der Waals surface area contributed by atoms with E-state index in [2.05, 4.69) is 35.7 Å². The Morgan fingerprint density at radius 1 is 1.37 bits per heavy atom. The fourth-order valence-corrected chi connectivity index (χ4v) is 2.51.